The minimum absolute atomic E-state index is 0.805. The van der Waals surface area contributed by atoms with Crippen LogP contribution in [0.25, 0.3) is 0 Å². The van der Waals surface area contributed by atoms with Gasteiger partial charge in [-0.25, -0.2) is 0 Å². The molecule has 210 valence electrons. The molecule has 1 aliphatic heterocycles. The van der Waals surface area contributed by atoms with Crippen molar-refractivity contribution in [3.63, 3.8) is 0 Å². The standard InChI is InChI=1S/C33H66OS/c1-2-3-4-5-6-7-8-9-10-11-12-13-14-15-16-17-18-19-20-21-22-23-24-25-26-27-30-34-32-33-29-28-31-35-33/h33H,2-32H2,1H3. The van der Waals surface area contributed by atoms with Crippen LogP contribution in [0.2, 0.25) is 0 Å². The molecule has 2 heteroatoms. The Labute approximate surface area is 227 Å². The minimum atomic E-state index is 0.805. The van der Waals surface area contributed by atoms with Crippen molar-refractivity contribution in [2.75, 3.05) is 19.0 Å². The van der Waals surface area contributed by atoms with Crippen molar-refractivity contribution in [2.45, 2.75) is 192 Å². The predicted molar refractivity (Wildman–Crippen MR) is 162 cm³/mol. The second kappa shape index (κ2) is 28.9. The van der Waals surface area contributed by atoms with Gasteiger partial charge < -0.3 is 4.74 Å². The van der Waals surface area contributed by atoms with Gasteiger partial charge in [-0.2, -0.15) is 11.8 Å². The van der Waals surface area contributed by atoms with Crippen LogP contribution in [0.5, 0.6) is 0 Å². The lowest BCUT2D eigenvalue weighted by molar-refractivity contribution is 0.130. The van der Waals surface area contributed by atoms with Gasteiger partial charge in [0, 0.05) is 11.9 Å². The molecule has 35 heavy (non-hydrogen) atoms. The highest BCUT2D eigenvalue weighted by Gasteiger charge is 2.14. The summed E-state index contributed by atoms with van der Waals surface area (Å²) in [6.45, 7) is 4.31. The number of rotatable bonds is 29. The molecule has 0 aromatic rings. The lowest BCUT2D eigenvalue weighted by Gasteiger charge is -2.09. The first-order valence-electron chi connectivity index (χ1n) is 16.6. The van der Waals surface area contributed by atoms with Crippen LogP contribution in [0, 0.1) is 0 Å². The molecular weight excluding hydrogens is 444 g/mol. The van der Waals surface area contributed by atoms with Crippen molar-refractivity contribution in [2.24, 2.45) is 0 Å². The summed E-state index contributed by atoms with van der Waals surface area (Å²) in [5.41, 5.74) is 0. The molecule has 0 N–H and O–H groups in total. The molecule has 0 radical (unpaired) electrons. The Bertz CT molecular complexity index is 379. The van der Waals surface area contributed by atoms with Crippen molar-refractivity contribution >= 4 is 11.8 Å². The van der Waals surface area contributed by atoms with Gasteiger partial charge in [0.25, 0.3) is 0 Å². The highest BCUT2D eigenvalue weighted by Crippen LogP contribution is 2.26. The number of ether oxygens (including phenoxy) is 1. The van der Waals surface area contributed by atoms with Crippen LogP contribution >= 0.6 is 11.8 Å². The third-order valence-corrected chi connectivity index (χ3v) is 9.34. The van der Waals surface area contributed by atoms with E-state index in [-0.39, 0.29) is 0 Å². The van der Waals surface area contributed by atoms with Gasteiger partial charge in [0.2, 0.25) is 0 Å². The first-order valence-corrected chi connectivity index (χ1v) is 17.7. The van der Waals surface area contributed by atoms with Gasteiger partial charge in [-0.05, 0) is 25.0 Å². The van der Waals surface area contributed by atoms with E-state index in [4.69, 9.17) is 4.74 Å². The van der Waals surface area contributed by atoms with Crippen molar-refractivity contribution in [1.29, 1.82) is 0 Å². The van der Waals surface area contributed by atoms with Gasteiger partial charge in [0.15, 0.2) is 0 Å². The molecule has 0 aliphatic carbocycles. The molecule has 0 aromatic carbocycles. The van der Waals surface area contributed by atoms with Crippen LogP contribution in [0.3, 0.4) is 0 Å². The van der Waals surface area contributed by atoms with E-state index in [1.807, 2.05) is 0 Å². The monoisotopic (exact) mass is 510 g/mol. The van der Waals surface area contributed by atoms with Crippen LogP contribution < -0.4 is 0 Å². The minimum Gasteiger partial charge on any atom is -0.380 e. The summed E-state index contributed by atoms with van der Waals surface area (Å²) in [4.78, 5) is 0. The average molecular weight is 511 g/mol. The first kappa shape index (κ1) is 33.3. The van der Waals surface area contributed by atoms with E-state index in [0.717, 1.165) is 18.5 Å². The largest absolute Gasteiger partial charge is 0.380 e. The second-order valence-electron chi connectivity index (χ2n) is 11.5. The zero-order chi connectivity index (χ0) is 24.9. The van der Waals surface area contributed by atoms with Crippen molar-refractivity contribution in [1.82, 2.24) is 0 Å². The van der Waals surface area contributed by atoms with Crippen LogP contribution in [-0.2, 0) is 4.74 Å². The van der Waals surface area contributed by atoms with Crippen molar-refractivity contribution < 1.29 is 4.74 Å². The van der Waals surface area contributed by atoms with Crippen LogP contribution in [-0.4, -0.2) is 24.2 Å². The Morgan fingerprint density at radius 2 is 0.829 bits per heavy atom. The lowest BCUT2D eigenvalue weighted by Crippen LogP contribution is -2.08. The third-order valence-electron chi connectivity index (χ3n) is 7.97. The molecular formula is C33H66OS. The zero-order valence-corrected chi connectivity index (χ0v) is 25.1. The summed E-state index contributed by atoms with van der Waals surface area (Å²) >= 11 is 2.11. The number of hydrogen-bond donors (Lipinski definition) is 0. The van der Waals surface area contributed by atoms with Gasteiger partial charge in [-0.3, -0.25) is 0 Å². The van der Waals surface area contributed by atoms with Gasteiger partial charge in [0.1, 0.15) is 0 Å². The molecule has 0 bridgehead atoms. The number of hydrogen-bond acceptors (Lipinski definition) is 2. The third kappa shape index (κ3) is 25.7. The molecule has 1 unspecified atom stereocenters. The molecule has 0 amide bonds. The van der Waals surface area contributed by atoms with E-state index in [1.165, 1.54) is 186 Å². The first-order chi connectivity index (χ1) is 17.4. The topological polar surface area (TPSA) is 9.23 Å². The fourth-order valence-electron chi connectivity index (χ4n) is 5.51. The molecule has 1 atom stereocenters. The molecule has 1 rings (SSSR count). The maximum absolute atomic E-state index is 5.85. The van der Waals surface area contributed by atoms with Crippen LogP contribution in [0.1, 0.15) is 187 Å². The van der Waals surface area contributed by atoms with Crippen molar-refractivity contribution in [3.8, 4) is 0 Å². The quantitative estimate of drug-likeness (QED) is 0.0925. The molecule has 1 fully saturated rings. The Kier molecular flexibility index (Phi) is 27.5. The van der Waals surface area contributed by atoms with Gasteiger partial charge in [0.05, 0.1) is 6.61 Å². The van der Waals surface area contributed by atoms with E-state index in [2.05, 4.69) is 18.7 Å². The molecule has 0 saturated carbocycles. The SMILES string of the molecule is CCCCCCCCCCCCCCCCCCCCCCCCCCCCOCC1CCCS1. The molecule has 0 spiro atoms. The normalized spacial score (nSPS) is 15.9. The number of thioether (sulfide) groups is 1. The molecule has 1 aliphatic rings. The highest BCUT2D eigenvalue weighted by atomic mass is 32.2. The number of unbranched alkanes of at least 4 members (excludes halogenated alkanes) is 25. The summed E-state index contributed by atoms with van der Waals surface area (Å²) in [7, 11) is 0. The highest BCUT2D eigenvalue weighted by molar-refractivity contribution is 8.00. The maximum atomic E-state index is 5.85. The maximum Gasteiger partial charge on any atom is 0.0584 e. The summed E-state index contributed by atoms with van der Waals surface area (Å²) in [6, 6.07) is 0. The molecule has 1 heterocycles. The zero-order valence-electron chi connectivity index (χ0n) is 24.3. The fourth-order valence-corrected chi connectivity index (χ4v) is 6.70. The Morgan fingerprint density at radius 3 is 1.14 bits per heavy atom. The van der Waals surface area contributed by atoms with E-state index in [1.54, 1.807) is 0 Å². The summed E-state index contributed by atoms with van der Waals surface area (Å²) in [5.74, 6) is 1.35. The average Bonchev–Trinajstić information content (AvgIpc) is 3.39. The molecule has 1 nitrogen and oxygen atoms in total. The smallest absolute Gasteiger partial charge is 0.0584 e. The van der Waals surface area contributed by atoms with E-state index >= 15 is 0 Å². The predicted octanol–water partition coefficient (Wildman–Crippen LogP) is 12.1. The van der Waals surface area contributed by atoms with Gasteiger partial charge >= 0.3 is 0 Å². The Hall–Kier alpha value is 0.310. The summed E-state index contributed by atoms with van der Waals surface area (Å²) in [6.07, 6.45) is 40.7. The molecule has 1 saturated heterocycles. The summed E-state index contributed by atoms with van der Waals surface area (Å²) in [5, 5.41) is 0.805. The van der Waals surface area contributed by atoms with Gasteiger partial charge in [-0.15, -0.1) is 0 Å². The fraction of sp³-hybridized carbons (Fsp3) is 1.00. The second-order valence-corrected chi connectivity index (χ2v) is 13.0. The molecule has 0 aromatic heterocycles. The lowest BCUT2D eigenvalue weighted by atomic mass is 10.0. The van der Waals surface area contributed by atoms with Crippen molar-refractivity contribution in [3.05, 3.63) is 0 Å². The van der Waals surface area contributed by atoms with Crippen LogP contribution in [0.15, 0.2) is 0 Å². The van der Waals surface area contributed by atoms with E-state index in [0.29, 0.717) is 0 Å². The Balaban J connectivity index is 1.60. The summed E-state index contributed by atoms with van der Waals surface area (Å²) < 4.78 is 5.85. The Morgan fingerprint density at radius 1 is 0.486 bits per heavy atom. The van der Waals surface area contributed by atoms with E-state index in [9.17, 15) is 0 Å². The van der Waals surface area contributed by atoms with Gasteiger partial charge in [-0.1, -0.05) is 167 Å². The van der Waals surface area contributed by atoms with Crippen LogP contribution in [0.4, 0.5) is 0 Å². The van der Waals surface area contributed by atoms with E-state index < -0.39 is 0 Å².